The molecule has 2 aromatic rings. The van der Waals surface area contributed by atoms with Gasteiger partial charge in [-0.3, -0.25) is 9.36 Å². The van der Waals surface area contributed by atoms with E-state index in [1.54, 1.807) is 0 Å². The molecule has 1 atom stereocenters. The quantitative estimate of drug-likeness (QED) is 0.659. The molecule has 0 N–H and O–H groups in total. The van der Waals surface area contributed by atoms with Crippen LogP contribution >= 0.6 is 23.1 Å². The molecule has 0 amide bonds. The first kappa shape index (κ1) is 18.8. The van der Waals surface area contributed by atoms with Gasteiger partial charge in [-0.05, 0) is 13.8 Å². The van der Waals surface area contributed by atoms with Crippen LogP contribution in [0.2, 0.25) is 0 Å². The van der Waals surface area contributed by atoms with Crippen molar-refractivity contribution < 1.29 is 9.53 Å². The van der Waals surface area contributed by atoms with Gasteiger partial charge in [0.15, 0.2) is 16.9 Å². The summed E-state index contributed by atoms with van der Waals surface area (Å²) in [7, 11) is 0. The van der Waals surface area contributed by atoms with Crippen molar-refractivity contribution in [3.05, 3.63) is 16.1 Å². The molecule has 2 aromatic heterocycles. The fraction of sp³-hybridized carbons (Fsp3) is 0.562. The van der Waals surface area contributed by atoms with E-state index in [-0.39, 0.29) is 11.5 Å². The minimum atomic E-state index is -0.821. The smallest absolute Gasteiger partial charge is 0.228 e. The van der Waals surface area contributed by atoms with Crippen LogP contribution < -0.4 is 4.90 Å². The van der Waals surface area contributed by atoms with Crippen LogP contribution in [0.15, 0.2) is 10.5 Å². The SMILES string of the molecule is CCn1c(SCC(=O)[C@@H](C#N)c2nc(C)cs2)nnc1N1CCOCC1. The van der Waals surface area contributed by atoms with Crippen LogP contribution in [0.3, 0.4) is 0 Å². The van der Waals surface area contributed by atoms with E-state index in [1.165, 1.54) is 23.1 Å². The summed E-state index contributed by atoms with van der Waals surface area (Å²) in [6, 6.07) is 2.07. The predicted octanol–water partition coefficient (Wildman–Crippen LogP) is 1.87. The van der Waals surface area contributed by atoms with Gasteiger partial charge in [0.1, 0.15) is 5.01 Å². The van der Waals surface area contributed by atoms with Crippen molar-refractivity contribution in [1.29, 1.82) is 5.26 Å². The second kappa shape index (κ2) is 8.62. The zero-order chi connectivity index (χ0) is 18.5. The molecule has 0 aromatic carbocycles. The first-order valence-electron chi connectivity index (χ1n) is 8.37. The highest BCUT2D eigenvalue weighted by Gasteiger charge is 2.25. The number of carbonyl (C=O) groups is 1. The van der Waals surface area contributed by atoms with Crippen molar-refractivity contribution >= 4 is 34.8 Å². The number of ether oxygens (including phenoxy) is 1. The first-order chi connectivity index (χ1) is 12.6. The summed E-state index contributed by atoms with van der Waals surface area (Å²) in [6.45, 7) is 7.50. The van der Waals surface area contributed by atoms with Crippen molar-refractivity contribution in [3.63, 3.8) is 0 Å². The van der Waals surface area contributed by atoms with E-state index in [0.717, 1.165) is 24.7 Å². The molecule has 3 rings (SSSR count). The average molecular weight is 393 g/mol. The molecular formula is C16H20N6O2S2. The Morgan fingerprint density at radius 2 is 2.23 bits per heavy atom. The van der Waals surface area contributed by atoms with Crippen LogP contribution in [-0.4, -0.2) is 57.6 Å². The van der Waals surface area contributed by atoms with Crippen LogP contribution in [0.1, 0.15) is 23.5 Å². The summed E-state index contributed by atoms with van der Waals surface area (Å²) in [6.07, 6.45) is 0. The van der Waals surface area contributed by atoms with Crippen molar-refractivity contribution in [2.45, 2.75) is 31.5 Å². The number of anilines is 1. The molecule has 1 saturated heterocycles. The van der Waals surface area contributed by atoms with Gasteiger partial charge < -0.3 is 9.64 Å². The standard InChI is InChI=1S/C16H20N6O2S2/c1-3-22-15(21-4-6-24-7-5-21)19-20-16(22)26-10-13(23)12(8-17)14-18-11(2)9-25-14/h9,12H,3-7,10H2,1-2H3/t12-/m1/s1. The number of thiazole rings is 1. The third-order valence-corrected chi connectivity index (χ3v) is 6.00. The van der Waals surface area contributed by atoms with E-state index < -0.39 is 5.92 Å². The lowest BCUT2D eigenvalue weighted by Crippen LogP contribution is -2.38. The van der Waals surface area contributed by atoms with Gasteiger partial charge in [-0.1, -0.05) is 11.8 Å². The maximum Gasteiger partial charge on any atom is 0.228 e. The number of morpholine rings is 1. The lowest BCUT2D eigenvalue weighted by molar-refractivity contribution is -0.116. The van der Waals surface area contributed by atoms with Crippen LogP contribution in [0.25, 0.3) is 0 Å². The molecule has 0 unspecified atom stereocenters. The topological polar surface area (TPSA) is 96.9 Å². The van der Waals surface area contributed by atoms with E-state index in [9.17, 15) is 10.1 Å². The van der Waals surface area contributed by atoms with Gasteiger partial charge in [-0.2, -0.15) is 5.26 Å². The number of carbonyl (C=O) groups excluding carboxylic acids is 1. The van der Waals surface area contributed by atoms with Gasteiger partial charge in [-0.25, -0.2) is 4.98 Å². The molecule has 1 aliphatic heterocycles. The number of hydrogen-bond donors (Lipinski definition) is 0. The molecule has 26 heavy (non-hydrogen) atoms. The molecule has 10 heteroatoms. The van der Waals surface area contributed by atoms with Gasteiger partial charge >= 0.3 is 0 Å². The molecule has 0 spiro atoms. The third-order valence-electron chi connectivity index (χ3n) is 3.99. The Bertz CT molecular complexity index is 806. The minimum Gasteiger partial charge on any atom is -0.378 e. The molecule has 0 saturated carbocycles. The van der Waals surface area contributed by atoms with Crippen molar-refractivity contribution in [2.24, 2.45) is 0 Å². The number of hydrogen-bond acceptors (Lipinski definition) is 9. The number of Topliss-reactive ketones (excluding diaryl/α,β-unsaturated/α-hetero) is 1. The third kappa shape index (κ3) is 4.06. The Morgan fingerprint density at radius 3 is 2.85 bits per heavy atom. The van der Waals surface area contributed by atoms with Crippen molar-refractivity contribution in [2.75, 3.05) is 37.0 Å². The number of nitriles is 1. The number of rotatable bonds is 7. The number of aryl methyl sites for hydroxylation is 1. The summed E-state index contributed by atoms with van der Waals surface area (Å²) in [4.78, 5) is 18.9. The summed E-state index contributed by atoms with van der Waals surface area (Å²) in [5.41, 5.74) is 0.826. The summed E-state index contributed by atoms with van der Waals surface area (Å²) < 4.78 is 7.38. The van der Waals surface area contributed by atoms with Gasteiger partial charge in [0.2, 0.25) is 5.95 Å². The molecule has 0 aliphatic carbocycles. The fourth-order valence-electron chi connectivity index (χ4n) is 2.65. The average Bonchev–Trinajstić information content (AvgIpc) is 3.27. The Labute approximate surface area is 160 Å². The predicted molar refractivity (Wildman–Crippen MR) is 99.7 cm³/mol. The normalized spacial score (nSPS) is 15.7. The maximum absolute atomic E-state index is 12.5. The highest BCUT2D eigenvalue weighted by Crippen LogP contribution is 2.26. The van der Waals surface area contributed by atoms with E-state index in [1.807, 2.05) is 23.8 Å². The Hall–Kier alpha value is -1.96. The van der Waals surface area contributed by atoms with Crippen molar-refractivity contribution in [3.8, 4) is 6.07 Å². The molecule has 8 nitrogen and oxygen atoms in total. The number of ketones is 1. The number of aromatic nitrogens is 4. The summed E-state index contributed by atoms with van der Waals surface area (Å²) in [5, 5.41) is 21.0. The highest BCUT2D eigenvalue weighted by atomic mass is 32.2. The summed E-state index contributed by atoms with van der Waals surface area (Å²) >= 11 is 2.66. The molecule has 138 valence electrons. The minimum absolute atomic E-state index is 0.162. The zero-order valence-corrected chi connectivity index (χ0v) is 16.3. The van der Waals surface area contributed by atoms with Gasteiger partial charge in [0, 0.05) is 30.7 Å². The number of nitrogens with zero attached hydrogens (tertiary/aromatic N) is 6. The zero-order valence-electron chi connectivity index (χ0n) is 14.7. The monoisotopic (exact) mass is 392 g/mol. The molecule has 0 radical (unpaired) electrons. The lowest BCUT2D eigenvalue weighted by Gasteiger charge is -2.27. The van der Waals surface area contributed by atoms with Gasteiger partial charge in [0.05, 0.1) is 25.0 Å². The van der Waals surface area contributed by atoms with Crippen LogP contribution in [-0.2, 0) is 16.1 Å². The van der Waals surface area contributed by atoms with E-state index >= 15 is 0 Å². The van der Waals surface area contributed by atoms with Gasteiger partial charge in [0.25, 0.3) is 0 Å². The van der Waals surface area contributed by atoms with E-state index in [4.69, 9.17) is 4.74 Å². The van der Waals surface area contributed by atoms with Crippen LogP contribution in [0, 0.1) is 18.3 Å². The van der Waals surface area contributed by atoms with Gasteiger partial charge in [-0.15, -0.1) is 21.5 Å². The second-order valence-electron chi connectivity index (χ2n) is 5.77. The van der Waals surface area contributed by atoms with Crippen LogP contribution in [0.4, 0.5) is 5.95 Å². The molecule has 1 fully saturated rings. The Kier molecular flexibility index (Phi) is 6.24. The molecule has 3 heterocycles. The maximum atomic E-state index is 12.5. The molecule has 0 bridgehead atoms. The fourth-order valence-corrected chi connectivity index (χ4v) is 4.41. The van der Waals surface area contributed by atoms with E-state index in [2.05, 4.69) is 26.2 Å². The highest BCUT2D eigenvalue weighted by molar-refractivity contribution is 7.99. The molecular weight excluding hydrogens is 372 g/mol. The summed E-state index contributed by atoms with van der Waals surface area (Å²) in [5.74, 6) is -0.0144. The number of thioether (sulfide) groups is 1. The van der Waals surface area contributed by atoms with E-state index in [0.29, 0.717) is 29.9 Å². The van der Waals surface area contributed by atoms with Crippen molar-refractivity contribution in [1.82, 2.24) is 19.7 Å². The molecule has 1 aliphatic rings. The lowest BCUT2D eigenvalue weighted by atomic mass is 10.1. The largest absolute Gasteiger partial charge is 0.378 e. The Morgan fingerprint density at radius 1 is 1.46 bits per heavy atom. The second-order valence-corrected chi connectivity index (χ2v) is 7.60. The first-order valence-corrected chi connectivity index (χ1v) is 10.2. The van der Waals surface area contributed by atoms with Crippen LogP contribution in [0.5, 0.6) is 0 Å². The Balaban J connectivity index is 1.68.